The van der Waals surface area contributed by atoms with Crippen LogP contribution in [0, 0.1) is 20.8 Å². The van der Waals surface area contributed by atoms with Gasteiger partial charge < -0.3 is 14.6 Å². The van der Waals surface area contributed by atoms with E-state index in [0.717, 1.165) is 22.7 Å². The van der Waals surface area contributed by atoms with Gasteiger partial charge in [-0.15, -0.1) is 0 Å². The smallest absolute Gasteiger partial charge is 0.226 e. The van der Waals surface area contributed by atoms with Gasteiger partial charge in [-0.2, -0.15) is 4.98 Å². The Balaban J connectivity index is 2.13. The molecule has 6 heteroatoms. The van der Waals surface area contributed by atoms with Crippen molar-refractivity contribution in [2.24, 2.45) is 0 Å². The highest BCUT2D eigenvalue weighted by Crippen LogP contribution is 2.15. The highest BCUT2D eigenvalue weighted by Gasteiger charge is 2.09. The van der Waals surface area contributed by atoms with Crippen molar-refractivity contribution in [2.45, 2.75) is 27.3 Å². The second-order valence-corrected chi connectivity index (χ2v) is 4.03. The summed E-state index contributed by atoms with van der Waals surface area (Å²) in [4.78, 5) is 8.50. The molecule has 0 bridgehead atoms. The minimum Gasteiger partial charge on any atom is -0.481 e. The molecule has 0 aliphatic rings. The second-order valence-electron chi connectivity index (χ2n) is 4.03. The van der Waals surface area contributed by atoms with Gasteiger partial charge in [-0.05, 0) is 20.8 Å². The topological polar surface area (TPSA) is 73.1 Å². The average molecular weight is 248 g/mol. The molecule has 1 N–H and O–H groups in total. The van der Waals surface area contributed by atoms with Crippen LogP contribution in [0.3, 0.4) is 0 Å². The van der Waals surface area contributed by atoms with Crippen LogP contribution >= 0.6 is 0 Å². The van der Waals surface area contributed by atoms with Crippen LogP contribution in [0.25, 0.3) is 0 Å². The zero-order valence-electron chi connectivity index (χ0n) is 10.9. The first-order valence-corrected chi connectivity index (χ1v) is 5.65. The van der Waals surface area contributed by atoms with E-state index < -0.39 is 0 Å². The Morgan fingerprint density at radius 2 is 2.06 bits per heavy atom. The third kappa shape index (κ3) is 2.58. The number of methoxy groups -OCH3 is 1. The van der Waals surface area contributed by atoms with Gasteiger partial charge in [0.15, 0.2) is 0 Å². The van der Waals surface area contributed by atoms with E-state index in [1.54, 1.807) is 13.2 Å². The van der Waals surface area contributed by atoms with Gasteiger partial charge in [0.1, 0.15) is 5.76 Å². The van der Waals surface area contributed by atoms with E-state index in [2.05, 4.69) is 20.4 Å². The molecule has 0 fully saturated rings. The highest BCUT2D eigenvalue weighted by atomic mass is 16.5. The highest BCUT2D eigenvalue weighted by molar-refractivity contribution is 5.33. The Kier molecular flexibility index (Phi) is 3.45. The summed E-state index contributed by atoms with van der Waals surface area (Å²) >= 11 is 0. The molecule has 0 unspecified atom stereocenters. The number of hydrogen-bond donors (Lipinski definition) is 1. The summed E-state index contributed by atoms with van der Waals surface area (Å²) in [5.41, 5.74) is 2.75. The van der Waals surface area contributed by atoms with Crippen molar-refractivity contribution in [3.63, 3.8) is 0 Å². The molecule has 18 heavy (non-hydrogen) atoms. The molecule has 0 spiro atoms. The predicted molar refractivity (Wildman–Crippen MR) is 66.6 cm³/mol. The van der Waals surface area contributed by atoms with Crippen LogP contribution in [-0.2, 0) is 6.54 Å². The Morgan fingerprint density at radius 3 is 2.67 bits per heavy atom. The van der Waals surface area contributed by atoms with Gasteiger partial charge in [0.05, 0.1) is 12.8 Å². The lowest BCUT2D eigenvalue weighted by Crippen LogP contribution is -2.06. The van der Waals surface area contributed by atoms with Crippen molar-refractivity contribution in [3.05, 3.63) is 28.8 Å². The summed E-state index contributed by atoms with van der Waals surface area (Å²) in [6.07, 6.45) is 0. The maximum atomic E-state index is 5.10. The lowest BCUT2D eigenvalue weighted by molar-refractivity contribution is 0.392. The van der Waals surface area contributed by atoms with Gasteiger partial charge in [0.25, 0.3) is 0 Å². The molecule has 0 amide bonds. The zero-order valence-corrected chi connectivity index (χ0v) is 10.9. The molecule has 0 saturated heterocycles. The fourth-order valence-electron chi connectivity index (χ4n) is 1.65. The monoisotopic (exact) mass is 248 g/mol. The lowest BCUT2D eigenvalue weighted by Gasteiger charge is -2.07. The molecule has 96 valence electrons. The van der Waals surface area contributed by atoms with Crippen LogP contribution in [0.1, 0.15) is 22.7 Å². The molecular formula is C12H16N4O2. The second kappa shape index (κ2) is 5.03. The van der Waals surface area contributed by atoms with Crippen molar-refractivity contribution < 1.29 is 9.26 Å². The van der Waals surface area contributed by atoms with Gasteiger partial charge >= 0.3 is 0 Å². The Labute approximate surface area is 105 Å². The third-order valence-electron chi connectivity index (χ3n) is 2.64. The van der Waals surface area contributed by atoms with Crippen molar-refractivity contribution in [3.8, 4) is 5.88 Å². The summed E-state index contributed by atoms with van der Waals surface area (Å²) in [6, 6.07) is 1.78. The minimum absolute atomic E-state index is 0.534. The van der Waals surface area contributed by atoms with E-state index in [0.29, 0.717) is 18.4 Å². The van der Waals surface area contributed by atoms with Gasteiger partial charge in [0, 0.05) is 23.9 Å². The first kappa shape index (κ1) is 12.3. The van der Waals surface area contributed by atoms with Crippen LogP contribution in [0.5, 0.6) is 5.88 Å². The summed E-state index contributed by atoms with van der Waals surface area (Å²) in [5, 5.41) is 7.04. The minimum atomic E-state index is 0.534. The fraction of sp³-hybridized carbons (Fsp3) is 0.417. The number of aryl methyl sites for hydroxylation is 3. The van der Waals surface area contributed by atoms with Gasteiger partial charge in [-0.25, -0.2) is 4.98 Å². The number of nitrogens with one attached hydrogen (secondary N) is 1. The number of aromatic nitrogens is 3. The van der Waals surface area contributed by atoms with E-state index in [-0.39, 0.29) is 0 Å². The Hall–Kier alpha value is -2.11. The number of hydrogen-bond acceptors (Lipinski definition) is 6. The molecule has 2 heterocycles. The zero-order chi connectivity index (χ0) is 13.1. The molecule has 0 atom stereocenters. The number of anilines is 1. The molecule has 0 aliphatic heterocycles. The SMILES string of the molecule is COc1cc(C)nc(NCc2c(C)noc2C)n1. The van der Waals surface area contributed by atoms with E-state index in [1.807, 2.05) is 20.8 Å². The quantitative estimate of drug-likeness (QED) is 0.892. The molecule has 0 aromatic carbocycles. The maximum absolute atomic E-state index is 5.10. The number of rotatable bonds is 4. The van der Waals surface area contributed by atoms with Crippen LogP contribution in [0.2, 0.25) is 0 Å². The van der Waals surface area contributed by atoms with Crippen LogP contribution < -0.4 is 10.1 Å². The molecule has 0 saturated carbocycles. The summed E-state index contributed by atoms with van der Waals surface area (Å²) in [7, 11) is 1.58. The van der Waals surface area contributed by atoms with Crippen LogP contribution in [0.4, 0.5) is 5.95 Å². The fourth-order valence-corrected chi connectivity index (χ4v) is 1.65. The molecule has 0 aliphatic carbocycles. The van der Waals surface area contributed by atoms with E-state index in [4.69, 9.17) is 9.26 Å². The molecule has 2 aromatic heterocycles. The van der Waals surface area contributed by atoms with Crippen molar-refractivity contribution in [1.29, 1.82) is 0 Å². The van der Waals surface area contributed by atoms with Crippen molar-refractivity contribution >= 4 is 5.95 Å². The van der Waals surface area contributed by atoms with Gasteiger partial charge in [0.2, 0.25) is 11.8 Å². The van der Waals surface area contributed by atoms with E-state index in [9.17, 15) is 0 Å². The third-order valence-corrected chi connectivity index (χ3v) is 2.64. The number of nitrogens with zero attached hydrogens (tertiary/aromatic N) is 3. The van der Waals surface area contributed by atoms with E-state index >= 15 is 0 Å². The summed E-state index contributed by atoms with van der Waals surface area (Å²) in [6.45, 7) is 6.26. The average Bonchev–Trinajstić information content (AvgIpc) is 2.66. The predicted octanol–water partition coefficient (Wildman–Crippen LogP) is 2.01. The van der Waals surface area contributed by atoms with Gasteiger partial charge in [-0.1, -0.05) is 5.16 Å². The molecule has 2 rings (SSSR count). The first-order valence-electron chi connectivity index (χ1n) is 5.65. The normalized spacial score (nSPS) is 10.4. The van der Waals surface area contributed by atoms with Crippen molar-refractivity contribution in [1.82, 2.24) is 15.1 Å². The van der Waals surface area contributed by atoms with Crippen LogP contribution in [-0.4, -0.2) is 22.2 Å². The largest absolute Gasteiger partial charge is 0.481 e. The molecular weight excluding hydrogens is 232 g/mol. The molecule has 0 radical (unpaired) electrons. The van der Waals surface area contributed by atoms with E-state index in [1.165, 1.54) is 0 Å². The number of ether oxygens (including phenoxy) is 1. The van der Waals surface area contributed by atoms with Crippen molar-refractivity contribution in [2.75, 3.05) is 12.4 Å². The first-order chi connectivity index (χ1) is 8.60. The molecule has 6 nitrogen and oxygen atoms in total. The lowest BCUT2D eigenvalue weighted by atomic mass is 10.2. The molecule has 2 aromatic rings. The summed E-state index contributed by atoms with van der Waals surface area (Å²) < 4.78 is 10.2. The standard InChI is InChI=1S/C12H16N4O2/c1-7-5-11(17-4)15-12(14-7)13-6-10-8(2)16-18-9(10)3/h5H,6H2,1-4H3,(H,13,14,15). The van der Waals surface area contributed by atoms with Crippen LogP contribution in [0.15, 0.2) is 10.6 Å². The van der Waals surface area contributed by atoms with Gasteiger partial charge in [-0.3, -0.25) is 0 Å². The maximum Gasteiger partial charge on any atom is 0.226 e. The Morgan fingerprint density at radius 1 is 1.28 bits per heavy atom. The summed E-state index contributed by atoms with van der Waals surface area (Å²) in [5.74, 6) is 1.88. The Bertz CT molecular complexity index is 532.